The molecular formula is C4H11NRu+. The minimum absolute atomic E-state index is 0. The van der Waals surface area contributed by atoms with E-state index in [1.807, 2.05) is 0 Å². The molecule has 0 unspecified atom stereocenters. The molecule has 0 aliphatic heterocycles. The van der Waals surface area contributed by atoms with Gasteiger partial charge in [0.05, 0.1) is 0 Å². The average Bonchev–Trinajstić information content (AvgIpc) is 1.38. The molecule has 0 aliphatic carbocycles. The van der Waals surface area contributed by atoms with Crippen LogP contribution in [-0.2, 0) is 19.5 Å². The summed E-state index contributed by atoms with van der Waals surface area (Å²) in [6, 6.07) is 0. The third-order valence-corrected chi connectivity index (χ3v) is 0.632. The Bertz CT molecular complexity index is 21.5. The fourth-order valence-electron chi connectivity index (χ4n) is 0. The summed E-state index contributed by atoms with van der Waals surface area (Å²) in [7, 11) is 4.11. The van der Waals surface area contributed by atoms with Crippen LogP contribution in [-0.4, -0.2) is 25.5 Å². The second-order valence-electron chi connectivity index (χ2n) is 1.40. The van der Waals surface area contributed by atoms with Crippen LogP contribution in [0.25, 0.3) is 0 Å². The SMILES string of the molecule is CCN(C)C.[Ru+]. The minimum atomic E-state index is 0. The molecule has 0 aromatic carbocycles. The molecule has 0 heterocycles. The van der Waals surface area contributed by atoms with E-state index >= 15 is 0 Å². The molecule has 0 fully saturated rings. The minimum Gasteiger partial charge on any atom is -0.310 e. The molecule has 1 radical (unpaired) electrons. The zero-order chi connectivity index (χ0) is 4.28. The van der Waals surface area contributed by atoms with Crippen molar-refractivity contribution in [3.8, 4) is 0 Å². The monoisotopic (exact) mass is 175 g/mol. The van der Waals surface area contributed by atoms with E-state index in [0.29, 0.717) is 0 Å². The summed E-state index contributed by atoms with van der Waals surface area (Å²) in [6.07, 6.45) is 0. The first kappa shape index (κ1) is 9.77. The molecule has 0 rings (SSSR count). The maximum Gasteiger partial charge on any atom is 1.00 e. The summed E-state index contributed by atoms with van der Waals surface area (Å²) in [6.45, 7) is 3.26. The van der Waals surface area contributed by atoms with Gasteiger partial charge in [0, 0.05) is 0 Å². The van der Waals surface area contributed by atoms with E-state index in [2.05, 4.69) is 25.9 Å². The summed E-state index contributed by atoms with van der Waals surface area (Å²) < 4.78 is 0. The van der Waals surface area contributed by atoms with Gasteiger partial charge < -0.3 is 4.90 Å². The Labute approximate surface area is 52.5 Å². The van der Waals surface area contributed by atoms with Crippen molar-refractivity contribution in [2.45, 2.75) is 6.92 Å². The van der Waals surface area contributed by atoms with Crippen molar-refractivity contribution in [1.29, 1.82) is 0 Å². The molecule has 0 saturated heterocycles. The van der Waals surface area contributed by atoms with E-state index in [4.69, 9.17) is 0 Å². The van der Waals surface area contributed by atoms with Gasteiger partial charge in [0.25, 0.3) is 0 Å². The van der Waals surface area contributed by atoms with E-state index in [9.17, 15) is 0 Å². The topological polar surface area (TPSA) is 3.24 Å². The van der Waals surface area contributed by atoms with Gasteiger partial charge in [-0.2, -0.15) is 0 Å². The molecular weight excluding hydrogens is 163 g/mol. The van der Waals surface area contributed by atoms with Gasteiger partial charge >= 0.3 is 19.5 Å². The van der Waals surface area contributed by atoms with Crippen molar-refractivity contribution in [3.63, 3.8) is 0 Å². The molecule has 0 saturated carbocycles. The predicted octanol–water partition coefficient (Wildman–Crippen LogP) is 0.565. The fourth-order valence-corrected chi connectivity index (χ4v) is 0. The Morgan fingerprint density at radius 2 is 1.50 bits per heavy atom. The van der Waals surface area contributed by atoms with Crippen molar-refractivity contribution < 1.29 is 19.5 Å². The van der Waals surface area contributed by atoms with Gasteiger partial charge in [0.2, 0.25) is 0 Å². The van der Waals surface area contributed by atoms with Crippen LogP contribution in [0.5, 0.6) is 0 Å². The van der Waals surface area contributed by atoms with Crippen molar-refractivity contribution in [2.75, 3.05) is 20.6 Å². The molecule has 39 valence electrons. The first-order valence-corrected chi connectivity index (χ1v) is 1.92. The Balaban J connectivity index is 0. The van der Waals surface area contributed by atoms with Crippen LogP contribution >= 0.6 is 0 Å². The van der Waals surface area contributed by atoms with E-state index < -0.39 is 0 Å². The van der Waals surface area contributed by atoms with Crippen LogP contribution in [0.2, 0.25) is 0 Å². The largest absolute Gasteiger partial charge is 1.00 e. The van der Waals surface area contributed by atoms with Gasteiger partial charge in [0.1, 0.15) is 0 Å². The van der Waals surface area contributed by atoms with Crippen LogP contribution in [0.1, 0.15) is 6.92 Å². The van der Waals surface area contributed by atoms with Gasteiger partial charge in [-0.15, -0.1) is 0 Å². The third kappa shape index (κ3) is 8.82. The molecule has 0 bridgehead atoms. The molecule has 0 N–H and O–H groups in total. The quantitative estimate of drug-likeness (QED) is 0.525. The van der Waals surface area contributed by atoms with E-state index in [0.717, 1.165) is 6.54 Å². The summed E-state index contributed by atoms with van der Waals surface area (Å²) in [5, 5.41) is 0. The average molecular weight is 174 g/mol. The van der Waals surface area contributed by atoms with Gasteiger partial charge in [-0.1, -0.05) is 6.92 Å². The molecule has 0 aromatic rings. The van der Waals surface area contributed by atoms with E-state index in [1.54, 1.807) is 0 Å². The smallest absolute Gasteiger partial charge is 0.310 e. The molecule has 0 spiro atoms. The summed E-state index contributed by atoms with van der Waals surface area (Å²) in [5.74, 6) is 0. The first-order valence-electron chi connectivity index (χ1n) is 1.92. The van der Waals surface area contributed by atoms with Crippen LogP contribution in [0, 0.1) is 0 Å². The van der Waals surface area contributed by atoms with E-state index in [-0.39, 0.29) is 19.5 Å². The van der Waals surface area contributed by atoms with Crippen LogP contribution in [0.4, 0.5) is 0 Å². The van der Waals surface area contributed by atoms with Crippen molar-refractivity contribution >= 4 is 0 Å². The van der Waals surface area contributed by atoms with Crippen LogP contribution in [0.3, 0.4) is 0 Å². The zero-order valence-electron chi connectivity index (χ0n) is 4.51. The van der Waals surface area contributed by atoms with Crippen molar-refractivity contribution in [1.82, 2.24) is 4.90 Å². The third-order valence-electron chi connectivity index (χ3n) is 0.632. The van der Waals surface area contributed by atoms with Gasteiger partial charge in [-0.05, 0) is 20.6 Å². The Morgan fingerprint density at radius 1 is 1.33 bits per heavy atom. The number of hydrogen-bond donors (Lipinski definition) is 0. The normalized spacial score (nSPS) is 8.00. The number of rotatable bonds is 1. The second kappa shape index (κ2) is 5.58. The first-order chi connectivity index (χ1) is 2.27. The van der Waals surface area contributed by atoms with Crippen molar-refractivity contribution in [2.24, 2.45) is 0 Å². The summed E-state index contributed by atoms with van der Waals surface area (Å²) in [4.78, 5) is 2.12. The molecule has 0 atom stereocenters. The van der Waals surface area contributed by atoms with Crippen LogP contribution < -0.4 is 0 Å². The second-order valence-corrected chi connectivity index (χ2v) is 1.40. The maximum atomic E-state index is 2.12. The van der Waals surface area contributed by atoms with E-state index in [1.165, 1.54) is 0 Å². The van der Waals surface area contributed by atoms with Gasteiger partial charge in [-0.25, -0.2) is 0 Å². The van der Waals surface area contributed by atoms with Gasteiger partial charge in [-0.3, -0.25) is 0 Å². The number of hydrogen-bond acceptors (Lipinski definition) is 1. The Hall–Kier alpha value is 0.583. The summed E-state index contributed by atoms with van der Waals surface area (Å²) in [5.41, 5.74) is 0. The molecule has 1 nitrogen and oxygen atoms in total. The van der Waals surface area contributed by atoms with Crippen LogP contribution in [0.15, 0.2) is 0 Å². The Kier molecular flexibility index (Phi) is 9.09. The molecule has 0 aliphatic rings. The number of nitrogens with zero attached hydrogens (tertiary/aromatic N) is 1. The Morgan fingerprint density at radius 3 is 1.50 bits per heavy atom. The standard InChI is InChI=1S/C4H11N.Ru/c1-4-5(2)3;/h4H2,1-3H3;/q;+1. The molecule has 2 heteroatoms. The summed E-state index contributed by atoms with van der Waals surface area (Å²) >= 11 is 0. The molecule has 6 heavy (non-hydrogen) atoms. The zero-order valence-corrected chi connectivity index (χ0v) is 6.25. The fraction of sp³-hybridized carbons (Fsp3) is 1.00. The van der Waals surface area contributed by atoms with Crippen molar-refractivity contribution in [3.05, 3.63) is 0 Å². The maximum absolute atomic E-state index is 2.12. The molecule has 0 amide bonds. The predicted molar refractivity (Wildman–Crippen MR) is 24.2 cm³/mol. The van der Waals surface area contributed by atoms with Gasteiger partial charge in [0.15, 0.2) is 0 Å². The molecule has 0 aromatic heterocycles.